The highest BCUT2D eigenvalue weighted by molar-refractivity contribution is 5.66. The number of hydrogen-bond acceptors (Lipinski definition) is 2. The first-order valence-electron chi connectivity index (χ1n) is 5.32. The predicted molar refractivity (Wildman–Crippen MR) is 59.3 cm³/mol. The van der Waals surface area contributed by atoms with E-state index in [1.807, 2.05) is 6.92 Å². The van der Waals surface area contributed by atoms with Gasteiger partial charge >= 0.3 is 0 Å². The van der Waals surface area contributed by atoms with Gasteiger partial charge in [0.15, 0.2) is 0 Å². The van der Waals surface area contributed by atoms with E-state index in [1.54, 1.807) is 0 Å². The minimum Gasteiger partial charge on any atom is -0.301 e. The summed E-state index contributed by atoms with van der Waals surface area (Å²) in [6.45, 7) is 13.2. The number of aldehydes is 1. The van der Waals surface area contributed by atoms with Gasteiger partial charge in [0.05, 0.1) is 5.54 Å². The minimum atomic E-state index is -0.326. The zero-order chi connectivity index (χ0) is 11.4. The van der Waals surface area contributed by atoms with E-state index in [9.17, 15) is 4.79 Å². The van der Waals surface area contributed by atoms with Crippen LogP contribution in [0.5, 0.6) is 0 Å². The van der Waals surface area contributed by atoms with Gasteiger partial charge in [0.25, 0.3) is 0 Å². The maximum atomic E-state index is 11.3. The summed E-state index contributed by atoms with van der Waals surface area (Å²) in [7, 11) is 2.06. The second-order valence-corrected chi connectivity index (χ2v) is 5.91. The molecule has 2 heteroatoms. The average molecular weight is 197 g/mol. The first kappa shape index (κ1) is 11.7. The third-order valence-electron chi connectivity index (χ3n) is 5.34. The molecule has 0 aromatic heterocycles. The number of likely N-dealkylation sites (tertiary alicyclic amines) is 1. The summed E-state index contributed by atoms with van der Waals surface area (Å²) in [5.74, 6) is 0.368. The van der Waals surface area contributed by atoms with Crippen LogP contribution in [0, 0.1) is 11.3 Å². The van der Waals surface area contributed by atoms with Crippen LogP contribution >= 0.6 is 0 Å². The van der Waals surface area contributed by atoms with Crippen LogP contribution in [0.3, 0.4) is 0 Å². The van der Waals surface area contributed by atoms with Crippen molar-refractivity contribution in [1.82, 2.24) is 4.90 Å². The van der Waals surface area contributed by atoms with Crippen molar-refractivity contribution in [3.63, 3.8) is 0 Å². The zero-order valence-corrected chi connectivity index (χ0v) is 10.5. The van der Waals surface area contributed by atoms with Gasteiger partial charge in [-0.05, 0) is 39.2 Å². The predicted octanol–water partition coefficient (Wildman–Crippen LogP) is 2.33. The number of carbonyl (C=O) groups is 1. The molecular weight excluding hydrogens is 174 g/mol. The molecule has 0 N–H and O–H groups in total. The zero-order valence-electron chi connectivity index (χ0n) is 10.5. The molecule has 1 rings (SSSR count). The van der Waals surface area contributed by atoms with Gasteiger partial charge in [-0.1, -0.05) is 20.8 Å². The van der Waals surface area contributed by atoms with E-state index in [-0.39, 0.29) is 16.5 Å². The Morgan fingerprint density at radius 3 is 1.71 bits per heavy atom. The third kappa shape index (κ3) is 1.04. The van der Waals surface area contributed by atoms with Crippen LogP contribution < -0.4 is 0 Å². The Kier molecular flexibility index (Phi) is 2.35. The van der Waals surface area contributed by atoms with Crippen molar-refractivity contribution >= 4 is 6.29 Å². The number of likely N-dealkylation sites (N-methyl/N-ethyl adjacent to an activating group) is 1. The largest absolute Gasteiger partial charge is 0.301 e. The SMILES string of the molecule is CC1C(C)(C)C(C)(C)N(C)[C@]1(C)C=O. The van der Waals surface area contributed by atoms with Crippen molar-refractivity contribution in [2.45, 2.75) is 52.6 Å². The lowest BCUT2D eigenvalue weighted by molar-refractivity contribution is -0.118. The fraction of sp³-hybridized carbons (Fsp3) is 0.917. The molecule has 2 atom stereocenters. The quantitative estimate of drug-likeness (QED) is 0.601. The molecule has 0 radical (unpaired) electrons. The highest BCUT2D eigenvalue weighted by Crippen LogP contribution is 2.54. The van der Waals surface area contributed by atoms with E-state index in [0.29, 0.717) is 5.92 Å². The molecule has 14 heavy (non-hydrogen) atoms. The summed E-state index contributed by atoms with van der Waals surface area (Å²) in [5, 5.41) is 0. The Morgan fingerprint density at radius 1 is 1.14 bits per heavy atom. The summed E-state index contributed by atoms with van der Waals surface area (Å²) in [4.78, 5) is 13.5. The highest BCUT2D eigenvalue weighted by Gasteiger charge is 2.61. The smallest absolute Gasteiger partial charge is 0.140 e. The summed E-state index contributed by atoms with van der Waals surface area (Å²) >= 11 is 0. The Morgan fingerprint density at radius 2 is 1.57 bits per heavy atom. The lowest BCUT2D eigenvalue weighted by Gasteiger charge is -2.41. The van der Waals surface area contributed by atoms with Gasteiger partial charge in [-0.25, -0.2) is 0 Å². The molecule has 0 aromatic carbocycles. The van der Waals surface area contributed by atoms with Gasteiger partial charge in [-0.2, -0.15) is 0 Å². The van der Waals surface area contributed by atoms with E-state index in [1.165, 1.54) is 0 Å². The monoisotopic (exact) mass is 197 g/mol. The first-order valence-corrected chi connectivity index (χ1v) is 5.32. The topological polar surface area (TPSA) is 20.3 Å². The van der Waals surface area contributed by atoms with Gasteiger partial charge in [0, 0.05) is 5.54 Å². The lowest BCUT2D eigenvalue weighted by Crippen LogP contribution is -2.50. The molecule has 2 nitrogen and oxygen atoms in total. The summed E-state index contributed by atoms with van der Waals surface area (Å²) in [6.07, 6.45) is 1.11. The molecule has 82 valence electrons. The molecule has 0 spiro atoms. The van der Waals surface area contributed by atoms with Gasteiger partial charge in [-0.3, -0.25) is 4.90 Å². The fourth-order valence-corrected chi connectivity index (χ4v) is 2.77. The molecule has 1 aliphatic heterocycles. The number of nitrogens with zero attached hydrogens (tertiary/aromatic N) is 1. The maximum absolute atomic E-state index is 11.3. The van der Waals surface area contributed by atoms with Crippen molar-refractivity contribution in [3.8, 4) is 0 Å². The van der Waals surface area contributed by atoms with Crippen LogP contribution in [0.15, 0.2) is 0 Å². The maximum Gasteiger partial charge on any atom is 0.140 e. The van der Waals surface area contributed by atoms with Crippen LogP contribution in [0.25, 0.3) is 0 Å². The minimum absolute atomic E-state index is 0.0576. The Labute approximate surface area is 87.7 Å². The molecule has 0 aromatic rings. The van der Waals surface area contributed by atoms with Crippen molar-refractivity contribution < 1.29 is 4.79 Å². The molecule has 1 heterocycles. The lowest BCUT2D eigenvalue weighted by atomic mass is 9.67. The Bertz CT molecular complexity index is 235. The Hall–Kier alpha value is -0.370. The van der Waals surface area contributed by atoms with Crippen molar-refractivity contribution in [2.24, 2.45) is 11.3 Å². The van der Waals surface area contributed by atoms with Crippen molar-refractivity contribution in [3.05, 3.63) is 0 Å². The molecule has 1 aliphatic rings. The van der Waals surface area contributed by atoms with Crippen LogP contribution in [0.4, 0.5) is 0 Å². The normalized spacial score (nSPS) is 41.2. The number of rotatable bonds is 1. The van der Waals surface area contributed by atoms with Gasteiger partial charge in [0.1, 0.15) is 6.29 Å². The van der Waals surface area contributed by atoms with Gasteiger partial charge < -0.3 is 4.79 Å². The molecule has 1 fully saturated rings. The van der Waals surface area contributed by atoms with E-state index in [4.69, 9.17) is 0 Å². The second kappa shape index (κ2) is 2.82. The Balaban J connectivity index is 3.29. The molecule has 1 unspecified atom stereocenters. The fourth-order valence-electron chi connectivity index (χ4n) is 2.77. The molecular formula is C12H23NO. The number of hydrogen-bond donors (Lipinski definition) is 0. The van der Waals surface area contributed by atoms with Crippen LogP contribution in [0.2, 0.25) is 0 Å². The van der Waals surface area contributed by atoms with Gasteiger partial charge in [0.2, 0.25) is 0 Å². The summed E-state index contributed by atoms with van der Waals surface area (Å²) < 4.78 is 0. The molecule has 0 aliphatic carbocycles. The van der Waals surface area contributed by atoms with E-state index in [0.717, 1.165) is 6.29 Å². The third-order valence-corrected chi connectivity index (χ3v) is 5.34. The summed E-state index contributed by atoms with van der Waals surface area (Å²) in [6, 6.07) is 0. The molecule has 1 saturated heterocycles. The highest BCUT2D eigenvalue weighted by atomic mass is 16.1. The van der Waals surface area contributed by atoms with E-state index < -0.39 is 0 Å². The van der Waals surface area contributed by atoms with E-state index >= 15 is 0 Å². The second-order valence-electron chi connectivity index (χ2n) is 5.91. The van der Waals surface area contributed by atoms with Crippen LogP contribution in [-0.4, -0.2) is 29.3 Å². The van der Waals surface area contributed by atoms with E-state index in [2.05, 4.69) is 46.6 Å². The first-order chi connectivity index (χ1) is 6.12. The summed E-state index contributed by atoms with van der Waals surface area (Å²) in [5.41, 5.74) is -0.119. The number of carbonyl (C=O) groups excluding carboxylic acids is 1. The van der Waals surface area contributed by atoms with Crippen LogP contribution in [0.1, 0.15) is 41.5 Å². The van der Waals surface area contributed by atoms with Crippen molar-refractivity contribution in [2.75, 3.05) is 7.05 Å². The van der Waals surface area contributed by atoms with Crippen molar-refractivity contribution in [1.29, 1.82) is 0 Å². The molecule has 0 saturated carbocycles. The molecule has 0 amide bonds. The molecule has 0 bridgehead atoms. The van der Waals surface area contributed by atoms with Crippen LogP contribution in [-0.2, 0) is 4.79 Å². The standard InChI is InChI=1S/C12H23NO/c1-9-10(2,3)11(4,5)13(7)12(9,6)8-14/h8-9H,1-7H3/t9?,12-/m1/s1. The average Bonchev–Trinajstić information content (AvgIpc) is 2.20. The van der Waals surface area contributed by atoms with Gasteiger partial charge in [-0.15, -0.1) is 0 Å².